The van der Waals surface area contributed by atoms with E-state index in [9.17, 15) is 0 Å². The number of aryl methyl sites for hydroxylation is 2. The van der Waals surface area contributed by atoms with Gasteiger partial charge in [-0.25, -0.2) is 0 Å². The van der Waals surface area contributed by atoms with Gasteiger partial charge in [0.05, 0.1) is 0 Å². The van der Waals surface area contributed by atoms with E-state index in [0.29, 0.717) is 12.1 Å². The molecule has 2 atom stereocenters. The summed E-state index contributed by atoms with van der Waals surface area (Å²) in [5.74, 6) is 0. The summed E-state index contributed by atoms with van der Waals surface area (Å²) in [6.07, 6.45) is 3.89. The van der Waals surface area contributed by atoms with Crippen LogP contribution in [0.5, 0.6) is 0 Å². The molecule has 1 saturated heterocycles. The van der Waals surface area contributed by atoms with Crippen LogP contribution < -0.4 is 5.32 Å². The Balaban J connectivity index is 2.10. The maximum Gasteiger partial charge on any atom is 0.0323 e. The van der Waals surface area contributed by atoms with Crippen molar-refractivity contribution in [2.75, 3.05) is 19.6 Å². The molecule has 0 saturated carbocycles. The third-order valence-corrected chi connectivity index (χ3v) is 4.55. The van der Waals surface area contributed by atoms with Crippen molar-refractivity contribution in [2.24, 2.45) is 0 Å². The predicted molar refractivity (Wildman–Crippen MR) is 87.2 cm³/mol. The van der Waals surface area contributed by atoms with E-state index in [-0.39, 0.29) is 0 Å². The first kappa shape index (κ1) is 15.5. The van der Waals surface area contributed by atoms with Gasteiger partial charge in [0.25, 0.3) is 0 Å². The first-order valence-electron chi connectivity index (χ1n) is 8.16. The van der Waals surface area contributed by atoms with Crippen LogP contribution in [0.3, 0.4) is 0 Å². The van der Waals surface area contributed by atoms with Crippen molar-refractivity contribution in [2.45, 2.75) is 59.0 Å². The lowest BCUT2D eigenvalue weighted by molar-refractivity contribution is 0.192. The summed E-state index contributed by atoms with van der Waals surface area (Å²) in [6.45, 7) is 12.6. The highest BCUT2D eigenvalue weighted by molar-refractivity contribution is 5.32. The van der Waals surface area contributed by atoms with E-state index >= 15 is 0 Å². The van der Waals surface area contributed by atoms with Gasteiger partial charge < -0.3 is 5.32 Å². The molecule has 1 aromatic carbocycles. The van der Waals surface area contributed by atoms with E-state index in [0.717, 1.165) is 0 Å². The van der Waals surface area contributed by atoms with Gasteiger partial charge in [0, 0.05) is 18.6 Å². The Morgan fingerprint density at radius 3 is 2.75 bits per heavy atom. The summed E-state index contributed by atoms with van der Waals surface area (Å²) in [5, 5.41) is 3.63. The Labute approximate surface area is 124 Å². The SMILES string of the molecule is CCCN(CC1CCCN1)C(C)c1ccc(C)cc1C. The van der Waals surface area contributed by atoms with Crippen molar-refractivity contribution in [1.82, 2.24) is 10.2 Å². The minimum absolute atomic E-state index is 0.512. The van der Waals surface area contributed by atoms with Crippen molar-refractivity contribution < 1.29 is 0 Å². The van der Waals surface area contributed by atoms with Crippen LogP contribution >= 0.6 is 0 Å². The minimum atomic E-state index is 0.512. The normalized spacial score (nSPS) is 20.6. The molecule has 1 fully saturated rings. The van der Waals surface area contributed by atoms with Gasteiger partial charge in [-0.3, -0.25) is 4.90 Å². The smallest absolute Gasteiger partial charge is 0.0323 e. The maximum atomic E-state index is 3.63. The molecule has 20 heavy (non-hydrogen) atoms. The Bertz CT molecular complexity index is 421. The highest BCUT2D eigenvalue weighted by Gasteiger charge is 2.22. The second-order valence-corrected chi connectivity index (χ2v) is 6.32. The van der Waals surface area contributed by atoms with Crippen LogP contribution in [0.2, 0.25) is 0 Å². The molecule has 2 nitrogen and oxygen atoms in total. The highest BCUT2D eigenvalue weighted by atomic mass is 15.2. The summed E-state index contributed by atoms with van der Waals surface area (Å²) in [7, 11) is 0. The maximum absolute atomic E-state index is 3.63. The van der Waals surface area contributed by atoms with Crippen LogP contribution in [-0.4, -0.2) is 30.6 Å². The summed E-state index contributed by atoms with van der Waals surface area (Å²) in [6, 6.07) is 8.08. The van der Waals surface area contributed by atoms with Crippen molar-refractivity contribution >= 4 is 0 Å². The number of nitrogens with zero attached hydrogens (tertiary/aromatic N) is 1. The highest BCUT2D eigenvalue weighted by Crippen LogP contribution is 2.25. The largest absolute Gasteiger partial charge is 0.313 e. The van der Waals surface area contributed by atoms with Gasteiger partial charge in [0.15, 0.2) is 0 Å². The zero-order valence-electron chi connectivity index (χ0n) is 13.6. The summed E-state index contributed by atoms with van der Waals surface area (Å²) in [5.41, 5.74) is 4.28. The number of nitrogens with one attached hydrogen (secondary N) is 1. The fourth-order valence-electron chi connectivity index (χ4n) is 3.42. The van der Waals surface area contributed by atoms with E-state index in [4.69, 9.17) is 0 Å². The minimum Gasteiger partial charge on any atom is -0.313 e. The van der Waals surface area contributed by atoms with Crippen LogP contribution in [0.15, 0.2) is 18.2 Å². The average Bonchev–Trinajstić information content (AvgIpc) is 2.90. The quantitative estimate of drug-likeness (QED) is 0.848. The average molecular weight is 274 g/mol. The standard InChI is InChI=1S/C18H30N2/c1-5-11-20(13-17-7-6-10-19-17)16(4)18-9-8-14(2)12-15(18)3/h8-9,12,16-17,19H,5-7,10-11,13H2,1-4H3. The zero-order valence-corrected chi connectivity index (χ0v) is 13.6. The lowest BCUT2D eigenvalue weighted by atomic mass is 9.98. The molecular weight excluding hydrogens is 244 g/mol. The molecule has 0 aliphatic carbocycles. The molecule has 0 radical (unpaired) electrons. The van der Waals surface area contributed by atoms with Gasteiger partial charge in [-0.05, 0) is 64.3 Å². The molecule has 2 rings (SSSR count). The second kappa shape index (κ2) is 7.24. The Hall–Kier alpha value is -0.860. The molecule has 1 aromatic rings. The van der Waals surface area contributed by atoms with E-state index in [1.54, 1.807) is 0 Å². The molecule has 2 heteroatoms. The first-order chi connectivity index (χ1) is 9.61. The molecule has 2 unspecified atom stereocenters. The molecule has 1 aliphatic heterocycles. The molecule has 0 bridgehead atoms. The molecule has 1 aliphatic rings. The first-order valence-corrected chi connectivity index (χ1v) is 8.16. The summed E-state index contributed by atoms with van der Waals surface area (Å²) >= 11 is 0. The second-order valence-electron chi connectivity index (χ2n) is 6.32. The molecule has 0 spiro atoms. The van der Waals surface area contributed by atoms with Gasteiger partial charge in [-0.2, -0.15) is 0 Å². The topological polar surface area (TPSA) is 15.3 Å². The lowest BCUT2D eigenvalue weighted by Crippen LogP contribution is -2.39. The number of rotatable bonds is 6. The van der Waals surface area contributed by atoms with Crippen LogP contribution in [0, 0.1) is 13.8 Å². The van der Waals surface area contributed by atoms with Crippen LogP contribution in [0.1, 0.15) is 55.8 Å². The van der Waals surface area contributed by atoms with Crippen LogP contribution in [0.25, 0.3) is 0 Å². The monoisotopic (exact) mass is 274 g/mol. The fraction of sp³-hybridized carbons (Fsp3) is 0.667. The summed E-state index contributed by atoms with van der Waals surface area (Å²) in [4.78, 5) is 2.65. The number of benzene rings is 1. The van der Waals surface area contributed by atoms with Gasteiger partial charge in [0.1, 0.15) is 0 Å². The Morgan fingerprint density at radius 2 is 2.15 bits per heavy atom. The van der Waals surface area contributed by atoms with E-state index in [2.05, 4.69) is 56.1 Å². The third kappa shape index (κ3) is 3.83. The molecule has 0 aromatic heterocycles. The van der Waals surface area contributed by atoms with E-state index < -0.39 is 0 Å². The molecule has 1 heterocycles. The van der Waals surface area contributed by atoms with Crippen molar-refractivity contribution in [1.29, 1.82) is 0 Å². The zero-order chi connectivity index (χ0) is 14.5. The van der Waals surface area contributed by atoms with Crippen molar-refractivity contribution in [3.63, 3.8) is 0 Å². The van der Waals surface area contributed by atoms with E-state index in [1.807, 2.05) is 0 Å². The van der Waals surface area contributed by atoms with Gasteiger partial charge in [-0.15, -0.1) is 0 Å². The van der Waals surface area contributed by atoms with E-state index in [1.165, 1.54) is 55.6 Å². The molecular formula is C18H30N2. The van der Waals surface area contributed by atoms with Crippen LogP contribution in [-0.2, 0) is 0 Å². The van der Waals surface area contributed by atoms with Crippen molar-refractivity contribution in [3.8, 4) is 0 Å². The predicted octanol–water partition coefficient (Wildman–Crippen LogP) is 3.83. The molecule has 1 N–H and O–H groups in total. The van der Waals surface area contributed by atoms with Crippen LogP contribution in [0.4, 0.5) is 0 Å². The summed E-state index contributed by atoms with van der Waals surface area (Å²) < 4.78 is 0. The lowest BCUT2D eigenvalue weighted by Gasteiger charge is -2.32. The Kier molecular flexibility index (Phi) is 5.62. The van der Waals surface area contributed by atoms with Gasteiger partial charge >= 0.3 is 0 Å². The molecule has 112 valence electrons. The number of hydrogen-bond donors (Lipinski definition) is 1. The third-order valence-electron chi connectivity index (χ3n) is 4.55. The number of hydrogen-bond acceptors (Lipinski definition) is 2. The Morgan fingerprint density at radius 1 is 1.35 bits per heavy atom. The van der Waals surface area contributed by atoms with Crippen molar-refractivity contribution in [3.05, 3.63) is 34.9 Å². The fourth-order valence-corrected chi connectivity index (χ4v) is 3.42. The van der Waals surface area contributed by atoms with Gasteiger partial charge in [-0.1, -0.05) is 30.7 Å². The van der Waals surface area contributed by atoms with Gasteiger partial charge in [0.2, 0.25) is 0 Å². The molecule has 0 amide bonds.